The van der Waals surface area contributed by atoms with Crippen molar-refractivity contribution in [3.05, 3.63) is 61.8 Å². The summed E-state index contributed by atoms with van der Waals surface area (Å²) < 4.78 is 6.67. The summed E-state index contributed by atoms with van der Waals surface area (Å²) in [6.07, 6.45) is 4.23. The minimum atomic E-state index is -0.724. The fourth-order valence-corrected chi connectivity index (χ4v) is 4.13. The molecule has 0 amide bonds. The molecule has 0 fully saturated rings. The average Bonchev–Trinajstić information content (AvgIpc) is 3.25. The number of halogens is 2. The highest BCUT2D eigenvalue weighted by molar-refractivity contribution is 7.10. The molecule has 3 rings (SSSR count). The maximum Gasteiger partial charge on any atom is 0.341 e. The van der Waals surface area contributed by atoms with Gasteiger partial charge in [0.25, 0.3) is 0 Å². The Bertz CT molecular complexity index is 984. The second-order valence-corrected chi connectivity index (χ2v) is 7.52. The number of thiophene rings is 1. The summed E-state index contributed by atoms with van der Waals surface area (Å²) in [5.74, 6) is -0.648. The molecule has 0 saturated heterocycles. The lowest BCUT2D eigenvalue weighted by atomic mass is 10.0. The predicted octanol–water partition coefficient (Wildman–Crippen LogP) is 4.28. The van der Waals surface area contributed by atoms with Crippen LogP contribution in [0.1, 0.15) is 26.6 Å². The zero-order valence-electron chi connectivity index (χ0n) is 14.3. The zero-order chi connectivity index (χ0) is 19.6. The Morgan fingerprint density at radius 1 is 1.30 bits per heavy atom. The van der Waals surface area contributed by atoms with Crippen LogP contribution < -0.4 is 0 Å². The van der Waals surface area contributed by atoms with Crippen molar-refractivity contribution in [2.24, 2.45) is 0 Å². The average molecular weight is 427 g/mol. The lowest BCUT2D eigenvalue weighted by Gasteiger charge is -2.14. The first-order valence-corrected chi connectivity index (χ1v) is 9.59. The molecular weight excluding hydrogens is 411 g/mol. The molecule has 3 aromatic rings. The van der Waals surface area contributed by atoms with Crippen molar-refractivity contribution in [2.45, 2.75) is 19.4 Å². The molecule has 2 heterocycles. The summed E-state index contributed by atoms with van der Waals surface area (Å²) in [4.78, 5) is 17.4. The van der Waals surface area contributed by atoms with Gasteiger partial charge in [0.15, 0.2) is 0 Å². The van der Waals surface area contributed by atoms with E-state index in [-0.39, 0.29) is 28.5 Å². The van der Waals surface area contributed by atoms with E-state index in [1.165, 1.54) is 7.11 Å². The lowest BCUT2D eigenvalue weighted by molar-refractivity contribution is 0.0596. The van der Waals surface area contributed by atoms with Crippen molar-refractivity contribution in [1.82, 2.24) is 9.55 Å². The fraction of sp³-hybridized carbons (Fsp3) is 0.222. The van der Waals surface area contributed by atoms with E-state index >= 15 is 0 Å². The Kier molecular flexibility index (Phi) is 5.94. The van der Waals surface area contributed by atoms with Crippen molar-refractivity contribution in [3.8, 4) is 11.5 Å². The molecule has 0 spiro atoms. The van der Waals surface area contributed by atoms with Gasteiger partial charge in [0, 0.05) is 29.8 Å². The largest absolute Gasteiger partial charge is 0.507 e. The number of hydrogen-bond acceptors (Lipinski definition) is 6. The van der Waals surface area contributed by atoms with Crippen LogP contribution in [0.2, 0.25) is 10.0 Å². The second kappa shape index (κ2) is 8.21. The van der Waals surface area contributed by atoms with Gasteiger partial charge >= 0.3 is 5.97 Å². The highest BCUT2D eigenvalue weighted by atomic mass is 35.5. The summed E-state index contributed by atoms with van der Waals surface area (Å²) in [5.41, 5.74) is 0.254. The van der Waals surface area contributed by atoms with Gasteiger partial charge in [-0.1, -0.05) is 23.2 Å². The van der Waals surface area contributed by atoms with Crippen molar-refractivity contribution >= 4 is 40.5 Å². The van der Waals surface area contributed by atoms with Gasteiger partial charge in [-0.05, 0) is 23.4 Å². The third kappa shape index (κ3) is 4.05. The van der Waals surface area contributed by atoms with Gasteiger partial charge in [0.05, 0.1) is 23.7 Å². The highest BCUT2D eigenvalue weighted by Crippen LogP contribution is 2.37. The number of phenolic OH excluding ortho intramolecular Hbond substituents is 2. The van der Waals surface area contributed by atoms with Crippen molar-refractivity contribution in [3.63, 3.8) is 0 Å². The number of ether oxygens (including phenoxy) is 1. The first kappa shape index (κ1) is 19.5. The van der Waals surface area contributed by atoms with E-state index in [0.717, 1.165) is 16.8 Å². The zero-order valence-corrected chi connectivity index (χ0v) is 16.6. The number of carbonyl (C=O) groups excluding carboxylic acids is 1. The number of methoxy groups -OCH3 is 1. The van der Waals surface area contributed by atoms with Crippen LogP contribution in [0.25, 0.3) is 0 Å². The Hall–Kier alpha value is -2.22. The van der Waals surface area contributed by atoms with Crippen LogP contribution in [0.4, 0.5) is 0 Å². The summed E-state index contributed by atoms with van der Waals surface area (Å²) in [6, 6.07) is 2.87. The summed E-state index contributed by atoms with van der Waals surface area (Å²) >= 11 is 13.9. The number of hydrogen-bond donors (Lipinski definition) is 2. The maximum atomic E-state index is 12.0. The van der Waals surface area contributed by atoms with Crippen LogP contribution in [-0.2, 0) is 24.1 Å². The number of aromatic nitrogens is 2. The molecule has 2 aromatic heterocycles. The molecule has 1 aromatic carbocycles. The van der Waals surface area contributed by atoms with E-state index in [9.17, 15) is 15.0 Å². The maximum absolute atomic E-state index is 12.0. The summed E-state index contributed by atoms with van der Waals surface area (Å²) in [6.45, 7) is 0.578. The topological polar surface area (TPSA) is 84.6 Å². The van der Waals surface area contributed by atoms with Crippen molar-refractivity contribution < 1.29 is 19.7 Å². The third-order valence-corrected chi connectivity index (χ3v) is 5.91. The Morgan fingerprint density at radius 2 is 2.07 bits per heavy atom. The third-order valence-electron chi connectivity index (χ3n) is 4.12. The van der Waals surface area contributed by atoms with Gasteiger partial charge in [0.2, 0.25) is 0 Å². The van der Waals surface area contributed by atoms with Gasteiger partial charge in [-0.15, -0.1) is 11.3 Å². The van der Waals surface area contributed by atoms with E-state index in [0.29, 0.717) is 23.6 Å². The van der Waals surface area contributed by atoms with E-state index in [2.05, 4.69) is 4.98 Å². The molecule has 0 aliphatic heterocycles. The Morgan fingerprint density at radius 3 is 2.74 bits per heavy atom. The van der Waals surface area contributed by atoms with E-state index in [1.54, 1.807) is 17.5 Å². The first-order chi connectivity index (χ1) is 12.9. The highest BCUT2D eigenvalue weighted by Gasteiger charge is 2.23. The Labute approximate surface area is 169 Å². The molecule has 27 heavy (non-hydrogen) atoms. The summed E-state index contributed by atoms with van der Waals surface area (Å²) in [5, 5.41) is 22.6. The molecule has 0 unspecified atom stereocenters. The van der Waals surface area contributed by atoms with Crippen LogP contribution in [0.5, 0.6) is 11.5 Å². The van der Waals surface area contributed by atoms with Gasteiger partial charge in [-0.25, -0.2) is 9.78 Å². The van der Waals surface area contributed by atoms with Crippen molar-refractivity contribution in [2.75, 3.05) is 7.11 Å². The first-order valence-electron chi connectivity index (χ1n) is 7.95. The quantitative estimate of drug-likeness (QED) is 0.574. The summed E-state index contributed by atoms with van der Waals surface area (Å²) in [7, 11) is 1.21. The number of nitrogens with zero attached hydrogens (tertiary/aromatic N) is 2. The molecule has 0 bridgehead atoms. The molecule has 0 atom stereocenters. The monoisotopic (exact) mass is 426 g/mol. The molecule has 6 nitrogen and oxygen atoms in total. The van der Waals surface area contributed by atoms with Crippen LogP contribution >= 0.6 is 34.5 Å². The number of imidazole rings is 1. The number of benzene rings is 1. The van der Waals surface area contributed by atoms with Crippen molar-refractivity contribution in [1.29, 1.82) is 0 Å². The minimum Gasteiger partial charge on any atom is -0.507 e. The van der Waals surface area contributed by atoms with Gasteiger partial charge in [-0.3, -0.25) is 0 Å². The Balaban J connectivity index is 1.87. The molecule has 0 aliphatic rings. The van der Waals surface area contributed by atoms with Crippen LogP contribution in [-0.4, -0.2) is 32.8 Å². The van der Waals surface area contributed by atoms with E-state index in [1.807, 2.05) is 22.2 Å². The van der Waals surface area contributed by atoms with Crippen LogP contribution in [0, 0.1) is 0 Å². The number of esters is 1. The normalized spacial score (nSPS) is 10.9. The number of rotatable bonds is 6. The minimum absolute atomic E-state index is 0.00704. The standard InChI is InChI=1S/C18H16Cl2N2O4S/c1-26-18(25)16-10(17(20)13(24)8-12(16)23)2-3-15-21-5-6-22(15)9-14-11(19)4-7-27-14/h4-8,23-24H,2-3,9H2,1H3. The molecule has 0 aliphatic carbocycles. The number of carbonyl (C=O) groups is 1. The molecule has 142 valence electrons. The smallest absolute Gasteiger partial charge is 0.341 e. The molecule has 0 saturated carbocycles. The molecule has 0 radical (unpaired) electrons. The lowest BCUT2D eigenvalue weighted by Crippen LogP contribution is -2.10. The molecule has 9 heteroatoms. The number of phenols is 2. The molecular formula is C18H16Cl2N2O4S. The van der Waals surface area contributed by atoms with Crippen LogP contribution in [0.15, 0.2) is 29.9 Å². The van der Waals surface area contributed by atoms with Gasteiger partial charge < -0.3 is 19.5 Å². The fourth-order valence-electron chi connectivity index (χ4n) is 2.79. The second-order valence-electron chi connectivity index (χ2n) is 5.74. The van der Waals surface area contributed by atoms with E-state index in [4.69, 9.17) is 27.9 Å². The van der Waals surface area contributed by atoms with E-state index < -0.39 is 5.97 Å². The van der Waals surface area contributed by atoms with Crippen LogP contribution in [0.3, 0.4) is 0 Å². The molecule has 2 N–H and O–H groups in total. The number of aryl methyl sites for hydroxylation is 1. The number of aromatic hydroxyl groups is 2. The predicted molar refractivity (Wildman–Crippen MR) is 104 cm³/mol. The van der Waals surface area contributed by atoms with Gasteiger partial charge in [0.1, 0.15) is 22.9 Å². The SMILES string of the molecule is COC(=O)c1c(O)cc(O)c(Cl)c1CCc1nccn1Cc1sccc1Cl. The van der Waals surface area contributed by atoms with Gasteiger partial charge in [-0.2, -0.15) is 0 Å².